The van der Waals surface area contributed by atoms with Gasteiger partial charge in [0.05, 0.1) is 11.7 Å². The molecule has 0 bridgehead atoms. The SMILES string of the molecule is BrC1CCCCC(CC2CCC3(CCCCC3)O2)C1. The number of hydrogen-bond acceptors (Lipinski definition) is 1. The van der Waals surface area contributed by atoms with E-state index in [1.807, 2.05) is 0 Å². The van der Waals surface area contributed by atoms with E-state index in [-0.39, 0.29) is 0 Å². The van der Waals surface area contributed by atoms with Crippen molar-refractivity contribution in [2.75, 3.05) is 0 Å². The van der Waals surface area contributed by atoms with Crippen molar-refractivity contribution in [3.8, 4) is 0 Å². The summed E-state index contributed by atoms with van der Waals surface area (Å²) in [5.41, 5.74) is 0.321. The maximum atomic E-state index is 6.55. The van der Waals surface area contributed by atoms with Crippen molar-refractivity contribution < 1.29 is 4.74 Å². The molecule has 2 saturated carbocycles. The fourth-order valence-corrected chi connectivity index (χ4v) is 5.46. The molecule has 1 nitrogen and oxygen atoms in total. The van der Waals surface area contributed by atoms with Crippen LogP contribution in [0.1, 0.15) is 83.5 Å². The first-order valence-electron chi connectivity index (χ1n) is 8.58. The Morgan fingerprint density at radius 1 is 0.895 bits per heavy atom. The molecule has 19 heavy (non-hydrogen) atoms. The quantitative estimate of drug-likeness (QED) is 0.473. The second-order valence-electron chi connectivity index (χ2n) is 7.24. The Balaban J connectivity index is 1.50. The highest BCUT2D eigenvalue weighted by molar-refractivity contribution is 9.09. The molecule has 0 amide bonds. The van der Waals surface area contributed by atoms with Gasteiger partial charge in [0.1, 0.15) is 0 Å². The minimum atomic E-state index is 0.321. The van der Waals surface area contributed by atoms with E-state index < -0.39 is 0 Å². The van der Waals surface area contributed by atoms with Crippen molar-refractivity contribution in [3.05, 3.63) is 0 Å². The van der Waals surface area contributed by atoms with Gasteiger partial charge in [0.15, 0.2) is 0 Å². The summed E-state index contributed by atoms with van der Waals surface area (Å²) in [7, 11) is 0. The van der Waals surface area contributed by atoms with Gasteiger partial charge in [0, 0.05) is 4.83 Å². The molecule has 2 aliphatic carbocycles. The van der Waals surface area contributed by atoms with Gasteiger partial charge in [0.25, 0.3) is 0 Å². The molecule has 3 aliphatic rings. The maximum Gasteiger partial charge on any atom is 0.0687 e. The third-order valence-electron chi connectivity index (χ3n) is 5.67. The van der Waals surface area contributed by atoms with Crippen molar-refractivity contribution in [2.24, 2.45) is 5.92 Å². The lowest BCUT2D eigenvalue weighted by atomic mass is 9.83. The zero-order valence-corrected chi connectivity index (χ0v) is 13.8. The lowest BCUT2D eigenvalue weighted by Gasteiger charge is -2.34. The van der Waals surface area contributed by atoms with Crippen LogP contribution in [0.3, 0.4) is 0 Å². The molecule has 0 radical (unpaired) electrons. The van der Waals surface area contributed by atoms with Crippen LogP contribution in [-0.4, -0.2) is 16.5 Å². The van der Waals surface area contributed by atoms with Crippen LogP contribution >= 0.6 is 15.9 Å². The molecule has 1 heterocycles. The summed E-state index contributed by atoms with van der Waals surface area (Å²) in [5, 5.41) is 0. The highest BCUT2D eigenvalue weighted by Crippen LogP contribution is 2.44. The van der Waals surface area contributed by atoms with E-state index in [9.17, 15) is 0 Å². The Morgan fingerprint density at radius 2 is 1.68 bits per heavy atom. The first-order valence-corrected chi connectivity index (χ1v) is 9.49. The van der Waals surface area contributed by atoms with Crippen molar-refractivity contribution in [3.63, 3.8) is 0 Å². The monoisotopic (exact) mass is 328 g/mol. The predicted molar refractivity (Wildman–Crippen MR) is 83.8 cm³/mol. The Labute approximate surface area is 127 Å². The first kappa shape index (κ1) is 14.4. The van der Waals surface area contributed by atoms with Crippen LogP contribution in [0.25, 0.3) is 0 Å². The third kappa shape index (κ3) is 3.75. The lowest BCUT2D eigenvalue weighted by molar-refractivity contribution is -0.0702. The number of ether oxygens (including phenoxy) is 1. The summed E-state index contributed by atoms with van der Waals surface area (Å²) in [5.74, 6) is 0.913. The molecule has 0 aromatic heterocycles. The van der Waals surface area contributed by atoms with E-state index in [4.69, 9.17) is 4.74 Å². The molecule has 0 N–H and O–H groups in total. The average Bonchev–Trinajstić information content (AvgIpc) is 2.65. The standard InChI is InChI=1S/C17H29BrO/c18-15-7-3-2-6-14(12-15)13-16-8-11-17(19-16)9-4-1-5-10-17/h14-16H,1-13H2. The minimum absolute atomic E-state index is 0.321. The summed E-state index contributed by atoms with van der Waals surface area (Å²) in [6, 6.07) is 0. The van der Waals surface area contributed by atoms with E-state index in [2.05, 4.69) is 15.9 Å². The third-order valence-corrected chi connectivity index (χ3v) is 6.50. The van der Waals surface area contributed by atoms with Crippen LogP contribution in [0, 0.1) is 5.92 Å². The van der Waals surface area contributed by atoms with Gasteiger partial charge in [-0.3, -0.25) is 0 Å². The first-order chi connectivity index (χ1) is 9.26. The largest absolute Gasteiger partial charge is 0.372 e. The predicted octanol–water partition coefficient (Wildman–Crippen LogP) is 5.60. The number of alkyl halides is 1. The Morgan fingerprint density at radius 3 is 2.53 bits per heavy atom. The van der Waals surface area contributed by atoms with Crippen molar-refractivity contribution in [2.45, 2.75) is 100 Å². The van der Waals surface area contributed by atoms with Crippen LogP contribution < -0.4 is 0 Å². The Kier molecular flexibility index (Phi) is 4.90. The molecule has 1 spiro atoms. The normalized spacial score (nSPS) is 39.3. The van der Waals surface area contributed by atoms with Gasteiger partial charge in [-0.2, -0.15) is 0 Å². The van der Waals surface area contributed by atoms with Gasteiger partial charge in [-0.15, -0.1) is 0 Å². The molecule has 3 unspecified atom stereocenters. The summed E-state index contributed by atoms with van der Waals surface area (Å²) >= 11 is 3.86. The van der Waals surface area contributed by atoms with E-state index in [1.165, 1.54) is 83.5 Å². The molecule has 3 fully saturated rings. The maximum absolute atomic E-state index is 6.55. The van der Waals surface area contributed by atoms with Crippen molar-refractivity contribution in [1.82, 2.24) is 0 Å². The van der Waals surface area contributed by atoms with Crippen LogP contribution in [0.5, 0.6) is 0 Å². The summed E-state index contributed by atoms with van der Waals surface area (Å²) < 4.78 is 6.55. The summed E-state index contributed by atoms with van der Waals surface area (Å²) in [4.78, 5) is 0.769. The van der Waals surface area contributed by atoms with E-state index in [0.29, 0.717) is 11.7 Å². The van der Waals surface area contributed by atoms with Crippen molar-refractivity contribution in [1.29, 1.82) is 0 Å². The highest BCUT2D eigenvalue weighted by atomic mass is 79.9. The van der Waals surface area contributed by atoms with Gasteiger partial charge in [0.2, 0.25) is 0 Å². The lowest BCUT2D eigenvalue weighted by Crippen LogP contribution is -2.32. The average molecular weight is 329 g/mol. The van der Waals surface area contributed by atoms with Crippen LogP contribution in [0.2, 0.25) is 0 Å². The van der Waals surface area contributed by atoms with Gasteiger partial charge < -0.3 is 4.74 Å². The molecule has 3 atom stereocenters. The van der Waals surface area contributed by atoms with Crippen LogP contribution in [0.15, 0.2) is 0 Å². The van der Waals surface area contributed by atoms with Crippen LogP contribution in [0.4, 0.5) is 0 Å². The zero-order valence-electron chi connectivity index (χ0n) is 12.2. The molecule has 0 aromatic rings. The highest BCUT2D eigenvalue weighted by Gasteiger charge is 2.41. The second kappa shape index (κ2) is 6.47. The van der Waals surface area contributed by atoms with E-state index in [0.717, 1.165) is 10.7 Å². The molecule has 3 rings (SSSR count). The molecule has 2 heteroatoms. The second-order valence-corrected chi connectivity index (χ2v) is 8.54. The van der Waals surface area contributed by atoms with E-state index >= 15 is 0 Å². The van der Waals surface area contributed by atoms with Crippen LogP contribution in [-0.2, 0) is 4.74 Å². The van der Waals surface area contributed by atoms with Crippen molar-refractivity contribution >= 4 is 15.9 Å². The molecule has 0 aromatic carbocycles. The number of halogens is 1. The topological polar surface area (TPSA) is 9.23 Å². The minimum Gasteiger partial charge on any atom is -0.372 e. The van der Waals surface area contributed by atoms with Gasteiger partial charge in [-0.1, -0.05) is 54.5 Å². The molecule has 1 saturated heterocycles. The van der Waals surface area contributed by atoms with Gasteiger partial charge in [-0.05, 0) is 50.9 Å². The zero-order chi connectivity index (χ0) is 13.1. The van der Waals surface area contributed by atoms with E-state index in [1.54, 1.807) is 0 Å². The fraction of sp³-hybridized carbons (Fsp3) is 1.00. The molecule has 110 valence electrons. The smallest absolute Gasteiger partial charge is 0.0687 e. The Bertz CT molecular complexity index is 285. The Hall–Kier alpha value is 0.440. The fourth-order valence-electron chi connectivity index (χ4n) is 4.61. The molecular formula is C17H29BrO. The van der Waals surface area contributed by atoms with Gasteiger partial charge in [-0.25, -0.2) is 0 Å². The molecular weight excluding hydrogens is 300 g/mol. The number of hydrogen-bond donors (Lipinski definition) is 0. The summed E-state index contributed by atoms with van der Waals surface area (Å²) in [6.45, 7) is 0. The summed E-state index contributed by atoms with van der Waals surface area (Å²) in [6.07, 6.45) is 18.6. The van der Waals surface area contributed by atoms with Gasteiger partial charge >= 0.3 is 0 Å². The molecule has 1 aliphatic heterocycles. The number of rotatable bonds is 2.